The molecular formula is C18H18. The Morgan fingerprint density at radius 1 is 0.667 bits per heavy atom. The second kappa shape index (κ2) is 3.98. The molecule has 1 fully saturated rings. The fraction of sp³-hybridized carbons (Fsp3) is 0.333. The molecule has 2 bridgehead atoms. The molecule has 0 nitrogen and oxygen atoms in total. The lowest BCUT2D eigenvalue weighted by Gasteiger charge is -2.31. The predicted octanol–water partition coefficient (Wildman–Crippen LogP) is 4.84. The lowest BCUT2D eigenvalue weighted by Crippen LogP contribution is -2.15. The molecule has 0 radical (unpaired) electrons. The summed E-state index contributed by atoms with van der Waals surface area (Å²) in [6, 6.07) is 20.3. The van der Waals surface area contributed by atoms with E-state index in [1.54, 1.807) is 16.7 Å². The van der Waals surface area contributed by atoms with Crippen molar-refractivity contribution in [2.24, 2.45) is 0 Å². The van der Waals surface area contributed by atoms with Gasteiger partial charge in [-0.1, -0.05) is 61.0 Å². The highest BCUT2D eigenvalue weighted by Crippen LogP contribution is 2.58. The smallest absolute Gasteiger partial charge is 0.00241 e. The maximum Gasteiger partial charge on any atom is -0.00241 e. The third kappa shape index (κ3) is 1.38. The fourth-order valence-corrected chi connectivity index (χ4v) is 4.22. The zero-order chi connectivity index (χ0) is 11.9. The maximum absolute atomic E-state index is 2.36. The molecule has 0 saturated heterocycles. The van der Waals surface area contributed by atoms with E-state index in [1.165, 1.54) is 19.3 Å². The normalized spacial score (nSPS) is 29.0. The molecule has 0 N–H and O–H groups in total. The van der Waals surface area contributed by atoms with Crippen LogP contribution >= 0.6 is 0 Å². The molecule has 0 heteroatoms. The van der Waals surface area contributed by atoms with E-state index < -0.39 is 0 Å². The van der Waals surface area contributed by atoms with Crippen LogP contribution in [0.1, 0.15) is 53.7 Å². The van der Waals surface area contributed by atoms with Crippen LogP contribution < -0.4 is 0 Å². The monoisotopic (exact) mass is 234 g/mol. The average Bonchev–Trinajstić information content (AvgIpc) is 2.65. The fourth-order valence-electron chi connectivity index (χ4n) is 4.22. The first-order chi connectivity index (χ1) is 8.95. The Bertz CT molecular complexity index is 524. The van der Waals surface area contributed by atoms with Crippen LogP contribution in [0.4, 0.5) is 0 Å². The summed E-state index contributed by atoms with van der Waals surface area (Å²) in [4.78, 5) is 0. The van der Waals surface area contributed by atoms with Crippen LogP contribution in [-0.4, -0.2) is 0 Å². The topological polar surface area (TPSA) is 0 Å². The Hall–Kier alpha value is -1.56. The first kappa shape index (κ1) is 10.4. The molecule has 0 aliphatic heterocycles. The van der Waals surface area contributed by atoms with Crippen molar-refractivity contribution >= 4 is 0 Å². The van der Waals surface area contributed by atoms with E-state index in [2.05, 4.69) is 54.6 Å². The highest BCUT2D eigenvalue weighted by atomic mass is 14.5. The molecule has 2 aliphatic rings. The van der Waals surface area contributed by atoms with Crippen LogP contribution in [0.5, 0.6) is 0 Å². The van der Waals surface area contributed by atoms with Gasteiger partial charge in [-0.25, -0.2) is 0 Å². The largest absolute Gasteiger partial charge is 0.0622 e. The summed E-state index contributed by atoms with van der Waals surface area (Å²) in [7, 11) is 0. The summed E-state index contributed by atoms with van der Waals surface area (Å²) in [5.41, 5.74) is 4.81. The SMILES string of the molecule is c1ccc(C2C3CCCC2c2ccccc23)cc1. The Morgan fingerprint density at radius 2 is 1.22 bits per heavy atom. The molecule has 1 saturated carbocycles. The summed E-state index contributed by atoms with van der Waals surface area (Å²) >= 11 is 0. The Balaban J connectivity index is 1.85. The second-order valence-electron chi connectivity index (χ2n) is 5.71. The van der Waals surface area contributed by atoms with E-state index in [-0.39, 0.29) is 0 Å². The van der Waals surface area contributed by atoms with Crippen molar-refractivity contribution in [1.29, 1.82) is 0 Å². The molecule has 0 spiro atoms. The van der Waals surface area contributed by atoms with Crippen LogP contribution in [0.15, 0.2) is 54.6 Å². The van der Waals surface area contributed by atoms with E-state index in [0.717, 1.165) is 17.8 Å². The summed E-state index contributed by atoms with van der Waals surface area (Å²) in [6.07, 6.45) is 4.13. The van der Waals surface area contributed by atoms with E-state index in [4.69, 9.17) is 0 Å². The Labute approximate surface area is 109 Å². The van der Waals surface area contributed by atoms with Crippen molar-refractivity contribution in [3.8, 4) is 0 Å². The summed E-state index contributed by atoms with van der Waals surface area (Å²) < 4.78 is 0. The molecule has 90 valence electrons. The van der Waals surface area contributed by atoms with Gasteiger partial charge in [-0.15, -0.1) is 0 Å². The minimum Gasteiger partial charge on any atom is -0.0622 e. The van der Waals surface area contributed by atoms with Gasteiger partial charge in [-0.3, -0.25) is 0 Å². The van der Waals surface area contributed by atoms with Crippen LogP contribution in [0.25, 0.3) is 0 Å². The number of hydrogen-bond donors (Lipinski definition) is 0. The van der Waals surface area contributed by atoms with Crippen molar-refractivity contribution in [3.63, 3.8) is 0 Å². The molecule has 18 heavy (non-hydrogen) atoms. The zero-order valence-corrected chi connectivity index (χ0v) is 10.5. The molecule has 0 aromatic heterocycles. The first-order valence-electron chi connectivity index (χ1n) is 7.09. The molecule has 2 aromatic carbocycles. The minimum atomic E-state index is 0.734. The van der Waals surface area contributed by atoms with Gasteiger partial charge in [0.2, 0.25) is 0 Å². The van der Waals surface area contributed by atoms with Gasteiger partial charge in [0.1, 0.15) is 0 Å². The molecule has 2 atom stereocenters. The zero-order valence-electron chi connectivity index (χ0n) is 10.5. The van der Waals surface area contributed by atoms with Crippen molar-refractivity contribution in [2.45, 2.75) is 37.0 Å². The quantitative estimate of drug-likeness (QED) is 0.662. The third-order valence-electron chi connectivity index (χ3n) is 4.88. The van der Waals surface area contributed by atoms with Gasteiger partial charge in [0.25, 0.3) is 0 Å². The average molecular weight is 234 g/mol. The van der Waals surface area contributed by atoms with Crippen molar-refractivity contribution in [1.82, 2.24) is 0 Å². The number of benzene rings is 2. The molecule has 2 aliphatic carbocycles. The number of fused-ring (bicyclic) bond motifs is 5. The Morgan fingerprint density at radius 3 is 1.83 bits per heavy atom. The van der Waals surface area contributed by atoms with E-state index >= 15 is 0 Å². The summed E-state index contributed by atoms with van der Waals surface area (Å²) in [6.45, 7) is 0. The van der Waals surface area contributed by atoms with Gasteiger partial charge in [0.15, 0.2) is 0 Å². The van der Waals surface area contributed by atoms with E-state index in [0.29, 0.717) is 0 Å². The number of rotatable bonds is 1. The highest BCUT2D eigenvalue weighted by molar-refractivity contribution is 5.46. The lowest BCUT2D eigenvalue weighted by molar-refractivity contribution is 0.377. The first-order valence-corrected chi connectivity index (χ1v) is 7.09. The lowest BCUT2D eigenvalue weighted by atomic mass is 9.73. The molecule has 0 amide bonds. The summed E-state index contributed by atoms with van der Waals surface area (Å²) in [5, 5.41) is 0. The van der Waals surface area contributed by atoms with Crippen LogP contribution in [0.2, 0.25) is 0 Å². The highest BCUT2D eigenvalue weighted by Gasteiger charge is 2.43. The van der Waals surface area contributed by atoms with Crippen molar-refractivity contribution in [2.75, 3.05) is 0 Å². The minimum absolute atomic E-state index is 0.734. The van der Waals surface area contributed by atoms with Crippen LogP contribution in [-0.2, 0) is 0 Å². The second-order valence-corrected chi connectivity index (χ2v) is 5.71. The maximum atomic E-state index is 2.36. The van der Waals surface area contributed by atoms with E-state index in [9.17, 15) is 0 Å². The van der Waals surface area contributed by atoms with Crippen molar-refractivity contribution in [3.05, 3.63) is 71.3 Å². The molecule has 4 rings (SSSR count). The van der Waals surface area contributed by atoms with Gasteiger partial charge >= 0.3 is 0 Å². The standard InChI is InChI=1S/C18H18/c1-2-7-13(8-3-1)18-16-11-6-12-17(18)15-10-5-4-9-14(15)16/h1-5,7-10,16-18H,6,11-12H2. The molecule has 2 unspecified atom stereocenters. The van der Waals surface area contributed by atoms with Gasteiger partial charge in [-0.2, -0.15) is 0 Å². The third-order valence-corrected chi connectivity index (χ3v) is 4.88. The Kier molecular flexibility index (Phi) is 2.29. The number of hydrogen-bond acceptors (Lipinski definition) is 0. The van der Waals surface area contributed by atoms with Gasteiger partial charge in [0, 0.05) is 0 Å². The van der Waals surface area contributed by atoms with Crippen LogP contribution in [0, 0.1) is 0 Å². The molecular weight excluding hydrogens is 216 g/mol. The molecule has 2 aromatic rings. The van der Waals surface area contributed by atoms with Crippen LogP contribution in [0.3, 0.4) is 0 Å². The van der Waals surface area contributed by atoms with Crippen molar-refractivity contribution < 1.29 is 0 Å². The van der Waals surface area contributed by atoms with Gasteiger partial charge in [0.05, 0.1) is 0 Å². The van der Waals surface area contributed by atoms with Gasteiger partial charge in [-0.05, 0) is 47.3 Å². The molecule has 0 heterocycles. The summed E-state index contributed by atoms with van der Waals surface area (Å²) in [5.74, 6) is 2.27. The predicted molar refractivity (Wildman–Crippen MR) is 75.0 cm³/mol. The van der Waals surface area contributed by atoms with Gasteiger partial charge < -0.3 is 0 Å². The van der Waals surface area contributed by atoms with E-state index in [1.807, 2.05) is 0 Å².